The SMILES string of the molecule is Cc1nn(-c2ccc(N3CCN(C(=O)c4ccc(I)cc4)CC3)nn2)c(C)c1C. The Hall–Kier alpha value is -2.49. The number of benzene rings is 1. The third-order valence-corrected chi connectivity index (χ3v) is 6.21. The van der Waals surface area contributed by atoms with Gasteiger partial charge in [-0.15, -0.1) is 10.2 Å². The highest BCUT2D eigenvalue weighted by molar-refractivity contribution is 14.1. The van der Waals surface area contributed by atoms with Crippen LogP contribution in [-0.4, -0.2) is 57.0 Å². The van der Waals surface area contributed by atoms with E-state index >= 15 is 0 Å². The van der Waals surface area contributed by atoms with E-state index in [1.807, 2.05) is 59.8 Å². The largest absolute Gasteiger partial charge is 0.352 e. The summed E-state index contributed by atoms with van der Waals surface area (Å²) in [7, 11) is 0. The first-order valence-corrected chi connectivity index (χ1v) is 10.7. The highest BCUT2D eigenvalue weighted by Crippen LogP contribution is 2.18. The molecule has 1 aromatic carbocycles. The number of anilines is 1. The fourth-order valence-electron chi connectivity index (χ4n) is 3.46. The van der Waals surface area contributed by atoms with Gasteiger partial charge in [0.25, 0.3) is 5.91 Å². The number of halogens is 1. The number of hydrogen-bond donors (Lipinski definition) is 0. The molecule has 0 saturated carbocycles. The van der Waals surface area contributed by atoms with Crippen molar-refractivity contribution in [2.75, 3.05) is 31.1 Å². The molecule has 1 aliphatic rings. The highest BCUT2D eigenvalue weighted by Gasteiger charge is 2.23. The van der Waals surface area contributed by atoms with Gasteiger partial charge in [0, 0.05) is 41.0 Å². The van der Waals surface area contributed by atoms with Crippen molar-refractivity contribution in [2.45, 2.75) is 20.8 Å². The molecule has 1 saturated heterocycles. The normalized spacial score (nSPS) is 14.3. The maximum absolute atomic E-state index is 12.7. The zero-order valence-electron chi connectivity index (χ0n) is 16.8. The average molecular weight is 502 g/mol. The predicted molar refractivity (Wildman–Crippen MR) is 121 cm³/mol. The second-order valence-electron chi connectivity index (χ2n) is 7.24. The highest BCUT2D eigenvalue weighted by atomic mass is 127. The van der Waals surface area contributed by atoms with Gasteiger partial charge in [-0.05, 0) is 85.3 Å². The summed E-state index contributed by atoms with van der Waals surface area (Å²) in [5, 5.41) is 13.3. The monoisotopic (exact) mass is 502 g/mol. The minimum Gasteiger partial charge on any atom is -0.352 e. The van der Waals surface area contributed by atoms with E-state index in [9.17, 15) is 4.79 Å². The van der Waals surface area contributed by atoms with Crippen LogP contribution in [0.15, 0.2) is 36.4 Å². The molecular formula is C21H23IN6O. The number of piperazine rings is 1. The molecule has 2 aromatic heterocycles. The lowest BCUT2D eigenvalue weighted by Gasteiger charge is -2.35. The number of carbonyl (C=O) groups excluding carboxylic acids is 1. The lowest BCUT2D eigenvalue weighted by molar-refractivity contribution is 0.0746. The van der Waals surface area contributed by atoms with E-state index in [1.54, 1.807) is 0 Å². The Balaban J connectivity index is 1.41. The fourth-order valence-corrected chi connectivity index (χ4v) is 3.82. The van der Waals surface area contributed by atoms with Gasteiger partial charge in [0.05, 0.1) is 5.69 Å². The van der Waals surface area contributed by atoms with Crippen molar-refractivity contribution in [2.24, 2.45) is 0 Å². The first-order chi connectivity index (χ1) is 13.9. The van der Waals surface area contributed by atoms with Crippen LogP contribution in [0.4, 0.5) is 5.82 Å². The molecule has 1 amide bonds. The number of amides is 1. The van der Waals surface area contributed by atoms with Crippen LogP contribution in [0.2, 0.25) is 0 Å². The van der Waals surface area contributed by atoms with Crippen LogP contribution in [0.1, 0.15) is 27.3 Å². The van der Waals surface area contributed by atoms with Gasteiger partial charge in [0.1, 0.15) is 0 Å². The number of aryl methyl sites for hydroxylation is 1. The molecule has 0 N–H and O–H groups in total. The van der Waals surface area contributed by atoms with Crippen LogP contribution in [0.25, 0.3) is 5.82 Å². The molecule has 29 heavy (non-hydrogen) atoms. The summed E-state index contributed by atoms with van der Waals surface area (Å²) >= 11 is 2.24. The molecule has 0 unspecified atom stereocenters. The Kier molecular flexibility index (Phi) is 5.53. The molecule has 3 heterocycles. The Morgan fingerprint density at radius 2 is 1.52 bits per heavy atom. The van der Waals surface area contributed by atoms with E-state index in [0.717, 1.165) is 45.2 Å². The van der Waals surface area contributed by atoms with E-state index in [0.29, 0.717) is 13.1 Å². The lowest BCUT2D eigenvalue weighted by atomic mass is 10.2. The van der Waals surface area contributed by atoms with Crippen LogP contribution in [0.3, 0.4) is 0 Å². The molecule has 0 aliphatic carbocycles. The minimum atomic E-state index is 0.0855. The summed E-state index contributed by atoms with van der Waals surface area (Å²) in [4.78, 5) is 16.8. The van der Waals surface area contributed by atoms with Crippen LogP contribution in [-0.2, 0) is 0 Å². The molecule has 1 aliphatic heterocycles. The van der Waals surface area contributed by atoms with Crippen molar-refractivity contribution in [3.8, 4) is 5.82 Å². The molecule has 0 atom stereocenters. The van der Waals surface area contributed by atoms with E-state index in [2.05, 4.69) is 49.7 Å². The second-order valence-corrected chi connectivity index (χ2v) is 8.49. The second kappa shape index (κ2) is 8.10. The number of hydrogen-bond acceptors (Lipinski definition) is 5. The Bertz CT molecular complexity index is 1020. The zero-order chi connectivity index (χ0) is 20.5. The number of carbonyl (C=O) groups is 1. The van der Waals surface area contributed by atoms with Crippen LogP contribution < -0.4 is 4.90 Å². The van der Waals surface area contributed by atoms with Crippen molar-refractivity contribution in [3.63, 3.8) is 0 Å². The maximum atomic E-state index is 12.7. The van der Waals surface area contributed by atoms with Gasteiger partial charge in [0.15, 0.2) is 11.6 Å². The van der Waals surface area contributed by atoms with Crippen molar-refractivity contribution in [1.29, 1.82) is 0 Å². The molecule has 1 fully saturated rings. The molecule has 8 heteroatoms. The van der Waals surface area contributed by atoms with Gasteiger partial charge in [0.2, 0.25) is 0 Å². The Morgan fingerprint density at radius 3 is 2.07 bits per heavy atom. The van der Waals surface area contributed by atoms with E-state index in [4.69, 9.17) is 0 Å². The third-order valence-electron chi connectivity index (χ3n) is 5.49. The molecule has 0 radical (unpaired) electrons. The standard InChI is InChI=1S/C21H23IN6O/c1-14-15(2)25-28(16(14)3)20-9-8-19(23-24-20)26-10-12-27(13-11-26)21(29)17-4-6-18(22)7-5-17/h4-9H,10-13H2,1-3H3. The number of aromatic nitrogens is 4. The molecular weight excluding hydrogens is 479 g/mol. The first kappa shape index (κ1) is 19.8. The van der Waals surface area contributed by atoms with Crippen LogP contribution in [0, 0.1) is 24.3 Å². The van der Waals surface area contributed by atoms with Gasteiger partial charge in [-0.25, -0.2) is 4.68 Å². The summed E-state index contributed by atoms with van der Waals surface area (Å²) < 4.78 is 2.96. The van der Waals surface area contributed by atoms with Gasteiger partial charge in [-0.1, -0.05) is 0 Å². The number of rotatable bonds is 3. The van der Waals surface area contributed by atoms with E-state index in [-0.39, 0.29) is 5.91 Å². The number of nitrogens with zero attached hydrogens (tertiary/aromatic N) is 6. The summed E-state index contributed by atoms with van der Waals surface area (Å²) in [6, 6.07) is 11.6. The predicted octanol–water partition coefficient (Wildman–Crippen LogP) is 3.15. The Morgan fingerprint density at radius 1 is 0.897 bits per heavy atom. The molecule has 4 rings (SSSR count). The molecule has 7 nitrogen and oxygen atoms in total. The summed E-state index contributed by atoms with van der Waals surface area (Å²) in [6.45, 7) is 8.92. The fraction of sp³-hybridized carbons (Fsp3) is 0.333. The minimum absolute atomic E-state index is 0.0855. The van der Waals surface area contributed by atoms with Gasteiger partial charge >= 0.3 is 0 Å². The third kappa shape index (κ3) is 3.98. The van der Waals surface area contributed by atoms with Crippen molar-refractivity contribution in [1.82, 2.24) is 24.9 Å². The quantitative estimate of drug-likeness (QED) is 0.515. The molecule has 0 spiro atoms. The smallest absolute Gasteiger partial charge is 0.253 e. The summed E-state index contributed by atoms with van der Waals surface area (Å²) in [5.41, 5.74) is 3.99. The summed E-state index contributed by atoms with van der Waals surface area (Å²) in [6.07, 6.45) is 0. The van der Waals surface area contributed by atoms with Crippen LogP contribution >= 0.6 is 22.6 Å². The maximum Gasteiger partial charge on any atom is 0.253 e. The topological polar surface area (TPSA) is 67.2 Å². The molecule has 3 aromatic rings. The van der Waals surface area contributed by atoms with Crippen molar-refractivity contribution in [3.05, 3.63) is 62.5 Å². The van der Waals surface area contributed by atoms with Crippen LogP contribution in [0.5, 0.6) is 0 Å². The van der Waals surface area contributed by atoms with E-state index in [1.165, 1.54) is 5.56 Å². The van der Waals surface area contributed by atoms with Gasteiger partial charge in [-0.3, -0.25) is 4.79 Å². The van der Waals surface area contributed by atoms with Crippen molar-refractivity contribution >= 4 is 34.3 Å². The van der Waals surface area contributed by atoms with Crippen molar-refractivity contribution < 1.29 is 4.79 Å². The average Bonchev–Trinajstić information content (AvgIpc) is 3.01. The lowest BCUT2D eigenvalue weighted by Crippen LogP contribution is -2.49. The zero-order valence-corrected chi connectivity index (χ0v) is 18.9. The Labute approximate surface area is 183 Å². The van der Waals surface area contributed by atoms with Gasteiger partial charge in [-0.2, -0.15) is 5.10 Å². The molecule has 0 bridgehead atoms. The summed E-state index contributed by atoms with van der Waals surface area (Å²) in [5.74, 6) is 1.63. The first-order valence-electron chi connectivity index (χ1n) is 9.61. The van der Waals surface area contributed by atoms with Gasteiger partial charge < -0.3 is 9.80 Å². The molecule has 150 valence electrons. The van der Waals surface area contributed by atoms with E-state index < -0.39 is 0 Å².